The van der Waals surface area contributed by atoms with Gasteiger partial charge in [0.05, 0.1) is 12.1 Å². The summed E-state index contributed by atoms with van der Waals surface area (Å²) in [6, 6.07) is 9.02. The molecular formula is C19H22BrN3O3. The van der Waals surface area contributed by atoms with Gasteiger partial charge in [-0.1, -0.05) is 18.2 Å². The maximum Gasteiger partial charge on any atom is 0.410 e. The zero-order valence-electron chi connectivity index (χ0n) is 15.2. The first kappa shape index (κ1) is 19.9. The van der Waals surface area contributed by atoms with E-state index in [4.69, 9.17) is 4.74 Å². The number of carbonyl (C=O) groups is 2. The lowest BCUT2D eigenvalue weighted by Crippen LogP contribution is -2.34. The van der Waals surface area contributed by atoms with Crippen LogP contribution in [0.1, 0.15) is 36.7 Å². The number of rotatable bonds is 4. The number of para-hydroxylation sites is 1. The molecule has 0 aliphatic heterocycles. The van der Waals surface area contributed by atoms with Gasteiger partial charge in [-0.25, -0.2) is 4.79 Å². The van der Waals surface area contributed by atoms with E-state index in [9.17, 15) is 9.59 Å². The Hall–Kier alpha value is -2.41. The Labute approximate surface area is 161 Å². The molecule has 0 atom stereocenters. The van der Waals surface area contributed by atoms with Crippen LogP contribution in [0.15, 0.2) is 47.2 Å². The molecule has 6 nitrogen and oxygen atoms in total. The minimum Gasteiger partial charge on any atom is -0.444 e. The van der Waals surface area contributed by atoms with Crippen molar-refractivity contribution in [1.82, 2.24) is 9.88 Å². The van der Waals surface area contributed by atoms with Gasteiger partial charge in [0.2, 0.25) is 0 Å². The predicted molar refractivity (Wildman–Crippen MR) is 104 cm³/mol. The molecular weight excluding hydrogens is 398 g/mol. The van der Waals surface area contributed by atoms with E-state index in [1.54, 1.807) is 25.4 Å². The second kappa shape index (κ2) is 8.31. The highest BCUT2D eigenvalue weighted by molar-refractivity contribution is 9.10. The molecule has 1 aromatic heterocycles. The molecule has 0 saturated carbocycles. The number of amides is 2. The van der Waals surface area contributed by atoms with Gasteiger partial charge in [-0.2, -0.15) is 0 Å². The van der Waals surface area contributed by atoms with Crippen molar-refractivity contribution in [3.63, 3.8) is 0 Å². The number of benzene rings is 1. The molecule has 0 radical (unpaired) electrons. The van der Waals surface area contributed by atoms with Crippen molar-refractivity contribution in [3.8, 4) is 0 Å². The van der Waals surface area contributed by atoms with E-state index in [0.29, 0.717) is 17.8 Å². The quantitative estimate of drug-likeness (QED) is 0.793. The zero-order valence-corrected chi connectivity index (χ0v) is 16.8. The lowest BCUT2D eigenvalue weighted by molar-refractivity contribution is 0.0285. The standard InChI is InChI=1S/C19H22BrN3O3/c1-19(2,3)26-18(25)23(4)12-13-7-5-6-8-16(13)22-17(24)14-9-15(20)11-21-10-14/h5-11H,12H2,1-4H3,(H,22,24). The number of hydrogen-bond donors (Lipinski definition) is 1. The fraction of sp³-hybridized carbons (Fsp3) is 0.316. The van der Waals surface area contributed by atoms with E-state index < -0.39 is 11.7 Å². The SMILES string of the molecule is CN(Cc1ccccc1NC(=O)c1cncc(Br)c1)C(=O)OC(C)(C)C. The van der Waals surface area contributed by atoms with Crippen LogP contribution < -0.4 is 5.32 Å². The van der Waals surface area contributed by atoms with Crippen molar-refractivity contribution < 1.29 is 14.3 Å². The molecule has 2 amide bonds. The highest BCUT2D eigenvalue weighted by Crippen LogP contribution is 2.20. The summed E-state index contributed by atoms with van der Waals surface area (Å²) < 4.78 is 6.09. The van der Waals surface area contributed by atoms with Crippen molar-refractivity contribution in [2.24, 2.45) is 0 Å². The summed E-state index contributed by atoms with van der Waals surface area (Å²) in [6.45, 7) is 5.76. The van der Waals surface area contributed by atoms with Crippen molar-refractivity contribution in [2.45, 2.75) is 32.9 Å². The van der Waals surface area contributed by atoms with Gasteiger partial charge in [-0.15, -0.1) is 0 Å². The molecule has 7 heteroatoms. The van der Waals surface area contributed by atoms with Crippen LogP contribution in [-0.2, 0) is 11.3 Å². The Balaban J connectivity index is 2.12. The van der Waals surface area contributed by atoms with Crippen molar-refractivity contribution in [2.75, 3.05) is 12.4 Å². The molecule has 0 unspecified atom stereocenters. The molecule has 1 heterocycles. The lowest BCUT2D eigenvalue weighted by atomic mass is 10.1. The summed E-state index contributed by atoms with van der Waals surface area (Å²) in [5.74, 6) is -0.272. The fourth-order valence-electron chi connectivity index (χ4n) is 2.17. The number of aromatic nitrogens is 1. The molecule has 2 rings (SSSR count). The lowest BCUT2D eigenvalue weighted by Gasteiger charge is -2.25. The first-order chi connectivity index (χ1) is 12.2. The van der Waals surface area contributed by atoms with Crippen LogP contribution in [-0.4, -0.2) is 34.5 Å². The molecule has 138 valence electrons. The number of carbonyl (C=O) groups excluding carboxylic acids is 2. The normalized spacial score (nSPS) is 11.0. The molecule has 0 aliphatic carbocycles. The third-order valence-corrected chi connectivity index (χ3v) is 3.78. The maximum absolute atomic E-state index is 12.4. The van der Waals surface area contributed by atoms with Crippen molar-refractivity contribution >= 4 is 33.6 Å². The van der Waals surface area contributed by atoms with E-state index in [1.165, 1.54) is 11.1 Å². The first-order valence-electron chi connectivity index (χ1n) is 8.09. The average Bonchev–Trinajstić information content (AvgIpc) is 2.55. The number of pyridine rings is 1. The maximum atomic E-state index is 12.4. The summed E-state index contributed by atoms with van der Waals surface area (Å²) in [5, 5.41) is 2.87. The third kappa shape index (κ3) is 5.84. The molecule has 1 N–H and O–H groups in total. The van der Waals surface area contributed by atoms with Gasteiger partial charge in [0.25, 0.3) is 5.91 Å². The monoisotopic (exact) mass is 419 g/mol. The smallest absolute Gasteiger partial charge is 0.410 e. The minimum atomic E-state index is -0.563. The number of nitrogens with one attached hydrogen (secondary N) is 1. The Bertz CT molecular complexity index is 803. The van der Waals surface area contributed by atoms with Crippen LogP contribution in [0.5, 0.6) is 0 Å². The second-order valence-corrected chi connectivity index (χ2v) is 7.76. The Morgan fingerprint density at radius 3 is 2.58 bits per heavy atom. The Morgan fingerprint density at radius 2 is 1.92 bits per heavy atom. The second-order valence-electron chi connectivity index (χ2n) is 6.84. The van der Waals surface area contributed by atoms with Crippen LogP contribution in [0.25, 0.3) is 0 Å². The minimum absolute atomic E-state index is 0.272. The number of halogens is 1. The van der Waals surface area contributed by atoms with Gasteiger partial charge in [-0.05, 0) is 54.4 Å². The Morgan fingerprint density at radius 1 is 1.23 bits per heavy atom. The van der Waals surface area contributed by atoms with Crippen LogP contribution >= 0.6 is 15.9 Å². The molecule has 0 fully saturated rings. The van der Waals surface area contributed by atoms with Crippen LogP contribution in [0.2, 0.25) is 0 Å². The highest BCUT2D eigenvalue weighted by Gasteiger charge is 2.20. The van der Waals surface area contributed by atoms with E-state index in [1.807, 2.05) is 39.0 Å². The van der Waals surface area contributed by atoms with E-state index in [-0.39, 0.29) is 5.91 Å². The average molecular weight is 420 g/mol. The van der Waals surface area contributed by atoms with Gasteiger partial charge in [0.15, 0.2) is 0 Å². The summed E-state index contributed by atoms with van der Waals surface area (Å²) in [5.41, 5.74) is 1.31. The number of nitrogens with zero attached hydrogens (tertiary/aromatic N) is 2. The van der Waals surface area contributed by atoms with Gasteiger partial charge >= 0.3 is 6.09 Å². The highest BCUT2D eigenvalue weighted by atomic mass is 79.9. The summed E-state index contributed by atoms with van der Waals surface area (Å²) >= 11 is 3.30. The number of hydrogen-bond acceptors (Lipinski definition) is 4. The predicted octanol–water partition coefficient (Wildman–Crippen LogP) is 4.46. The van der Waals surface area contributed by atoms with Crippen molar-refractivity contribution in [3.05, 3.63) is 58.3 Å². The number of ether oxygens (including phenoxy) is 1. The van der Waals surface area contributed by atoms with E-state index in [2.05, 4.69) is 26.2 Å². The molecule has 26 heavy (non-hydrogen) atoms. The molecule has 0 aliphatic rings. The van der Waals surface area contributed by atoms with Crippen molar-refractivity contribution in [1.29, 1.82) is 0 Å². The summed E-state index contributed by atoms with van der Waals surface area (Å²) in [7, 11) is 1.66. The van der Waals surface area contributed by atoms with Gasteiger partial charge < -0.3 is 15.0 Å². The molecule has 0 bridgehead atoms. The Kier molecular flexibility index (Phi) is 6.37. The first-order valence-corrected chi connectivity index (χ1v) is 8.89. The largest absolute Gasteiger partial charge is 0.444 e. The van der Waals surface area contributed by atoms with E-state index in [0.717, 1.165) is 10.0 Å². The third-order valence-electron chi connectivity index (χ3n) is 3.35. The number of anilines is 1. The summed E-state index contributed by atoms with van der Waals surface area (Å²) in [4.78, 5) is 30.1. The van der Waals surface area contributed by atoms with Gasteiger partial charge in [-0.3, -0.25) is 9.78 Å². The fourth-order valence-corrected chi connectivity index (χ4v) is 2.54. The van der Waals surface area contributed by atoms with Crippen LogP contribution in [0.3, 0.4) is 0 Å². The van der Waals surface area contributed by atoms with Gasteiger partial charge in [0, 0.05) is 29.6 Å². The van der Waals surface area contributed by atoms with Crippen LogP contribution in [0, 0.1) is 0 Å². The van der Waals surface area contributed by atoms with Gasteiger partial charge in [0.1, 0.15) is 5.60 Å². The molecule has 0 spiro atoms. The van der Waals surface area contributed by atoms with E-state index >= 15 is 0 Å². The molecule has 1 aromatic carbocycles. The van der Waals surface area contributed by atoms with Crippen LogP contribution in [0.4, 0.5) is 10.5 Å². The molecule has 0 saturated heterocycles. The zero-order chi connectivity index (χ0) is 19.3. The topological polar surface area (TPSA) is 71.5 Å². The summed E-state index contributed by atoms with van der Waals surface area (Å²) in [6.07, 6.45) is 2.69. The molecule has 2 aromatic rings.